The van der Waals surface area contributed by atoms with Gasteiger partial charge in [0.15, 0.2) is 0 Å². The molecule has 35 heavy (non-hydrogen) atoms. The van der Waals surface area contributed by atoms with Crippen molar-refractivity contribution in [2.75, 3.05) is 6.61 Å². The summed E-state index contributed by atoms with van der Waals surface area (Å²) in [7, 11) is 0. The second-order valence-electron chi connectivity index (χ2n) is 9.20. The van der Waals surface area contributed by atoms with Gasteiger partial charge in [0.25, 0.3) is 0 Å². The first kappa shape index (κ1) is 26.4. The van der Waals surface area contributed by atoms with E-state index in [1.807, 2.05) is 0 Å². The van der Waals surface area contributed by atoms with E-state index in [0.29, 0.717) is 12.0 Å². The fourth-order valence-electron chi connectivity index (χ4n) is 4.36. The number of ether oxygens (including phenoxy) is 1. The molecule has 0 saturated heterocycles. The van der Waals surface area contributed by atoms with Gasteiger partial charge in [-0.05, 0) is 77.1 Å². The molecule has 3 aromatic carbocycles. The van der Waals surface area contributed by atoms with Gasteiger partial charge >= 0.3 is 5.97 Å². The summed E-state index contributed by atoms with van der Waals surface area (Å²) in [5.41, 5.74) is 9.75. The van der Waals surface area contributed by atoms with Gasteiger partial charge in [0.05, 0.1) is 0 Å². The Morgan fingerprint density at radius 2 is 1.49 bits per heavy atom. The highest BCUT2D eigenvalue weighted by Gasteiger charge is 2.13. The maximum Gasteiger partial charge on any atom is 0.333 e. The zero-order chi connectivity index (χ0) is 25.2. The minimum Gasteiger partial charge on any atom is -0.457 e. The van der Waals surface area contributed by atoms with E-state index in [1.165, 1.54) is 35.1 Å². The lowest BCUT2D eigenvalue weighted by Crippen LogP contribution is -2.06. The van der Waals surface area contributed by atoms with Gasteiger partial charge in [0.1, 0.15) is 6.61 Å². The number of aliphatic hydroxyl groups is 1. The van der Waals surface area contributed by atoms with E-state index in [1.54, 1.807) is 6.92 Å². The summed E-state index contributed by atoms with van der Waals surface area (Å²) in [5, 5.41) is 9.18. The summed E-state index contributed by atoms with van der Waals surface area (Å²) in [6.07, 6.45) is 6.18. The van der Waals surface area contributed by atoms with Crippen LogP contribution >= 0.6 is 0 Å². The fraction of sp³-hybridized carbons (Fsp3) is 0.344. The molecule has 0 spiro atoms. The van der Waals surface area contributed by atoms with Gasteiger partial charge in [0, 0.05) is 12.2 Å². The number of carbonyl (C=O) groups excluding carboxylic acids is 1. The molecule has 3 aromatic rings. The standard InChI is InChI=1S/C32H38O3/c1-5-7-8-9-25-12-16-31(29(20-25)22-35-32(34)23(3)4)28-15-17-30(26(6-2)21-28)27-13-10-24(11-14-27)18-19-33/h10-17,20-21,33H,3,5-9,18-19,22H2,1-2,4H3. The molecule has 1 N–H and O–H groups in total. The number of rotatable bonds is 12. The smallest absolute Gasteiger partial charge is 0.333 e. The maximum absolute atomic E-state index is 12.1. The van der Waals surface area contributed by atoms with Crippen LogP contribution in [-0.4, -0.2) is 17.7 Å². The van der Waals surface area contributed by atoms with Crippen molar-refractivity contribution in [2.45, 2.75) is 65.9 Å². The summed E-state index contributed by atoms with van der Waals surface area (Å²) >= 11 is 0. The van der Waals surface area contributed by atoms with Crippen LogP contribution in [0, 0.1) is 0 Å². The van der Waals surface area contributed by atoms with E-state index < -0.39 is 0 Å². The topological polar surface area (TPSA) is 46.5 Å². The van der Waals surface area contributed by atoms with E-state index in [4.69, 9.17) is 4.74 Å². The lowest BCUT2D eigenvalue weighted by Gasteiger charge is -2.16. The molecule has 0 aliphatic rings. The van der Waals surface area contributed by atoms with Crippen molar-refractivity contribution < 1.29 is 14.6 Å². The Labute approximate surface area is 210 Å². The third-order valence-corrected chi connectivity index (χ3v) is 6.41. The monoisotopic (exact) mass is 470 g/mol. The first-order chi connectivity index (χ1) is 17.0. The van der Waals surface area contributed by atoms with Crippen molar-refractivity contribution in [1.82, 2.24) is 0 Å². The lowest BCUT2D eigenvalue weighted by molar-refractivity contribution is -0.140. The maximum atomic E-state index is 12.1. The van der Waals surface area contributed by atoms with Gasteiger partial charge in [0.2, 0.25) is 0 Å². The largest absolute Gasteiger partial charge is 0.457 e. The van der Waals surface area contributed by atoms with Gasteiger partial charge in [-0.3, -0.25) is 0 Å². The Morgan fingerprint density at radius 1 is 0.829 bits per heavy atom. The highest BCUT2D eigenvalue weighted by molar-refractivity contribution is 5.87. The van der Waals surface area contributed by atoms with Gasteiger partial charge in [-0.25, -0.2) is 4.79 Å². The number of benzene rings is 3. The molecule has 3 heteroatoms. The molecule has 3 nitrogen and oxygen atoms in total. The molecular formula is C32H38O3. The number of esters is 1. The van der Waals surface area contributed by atoms with E-state index in [2.05, 4.69) is 81.1 Å². The van der Waals surface area contributed by atoms with Crippen LogP contribution in [-0.2, 0) is 35.4 Å². The molecule has 3 rings (SSSR count). The highest BCUT2D eigenvalue weighted by Crippen LogP contribution is 2.32. The van der Waals surface area contributed by atoms with E-state index >= 15 is 0 Å². The highest BCUT2D eigenvalue weighted by atomic mass is 16.5. The zero-order valence-electron chi connectivity index (χ0n) is 21.4. The van der Waals surface area contributed by atoms with Crippen LogP contribution in [0.25, 0.3) is 22.3 Å². The molecule has 184 valence electrons. The van der Waals surface area contributed by atoms with Crippen LogP contribution in [0.4, 0.5) is 0 Å². The number of aliphatic hydroxyl groups excluding tert-OH is 1. The summed E-state index contributed by atoms with van der Waals surface area (Å²) in [6, 6.07) is 21.6. The predicted octanol–water partition coefficient (Wildman–Crippen LogP) is 7.47. The minimum absolute atomic E-state index is 0.162. The second kappa shape index (κ2) is 13.1. The second-order valence-corrected chi connectivity index (χ2v) is 9.20. The summed E-state index contributed by atoms with van der Waals surface area (Å²) in [5.74, 6) is -0.360. The molecular weight excluding hydrogens is 432 g/mol. The van der Waals surface area contributed by atoms with Crippen LogP contribution in [0.1, 0.15) is 62.3 Å². The number of unbranched alkanes of at least 4 members (excludes halogenated alkanes) is 2. The Bertz CT molecular complexity index is 1140. The minimum atomic E-state index is -0.360. The first-order valence-electron chi connectivity index (χ1n) is 12.7. The molecule has 0 unspecified atom stereocenters. The fourth-order valence-corrected chi connectivity index (χ4v) is 4.36. The number of hydrogen-bond donors (Lipinski definition) is 1. The van der Waals surface area contributed by atoms with E-state index in [-0.39, 0.29) is 19.2 Å². The summed E-state index contributed by atoms with van der Waals surface area (Å²) in [4.78, 5) is 12.1. The van der Waals surface area contributed by atoms with Gasteiger partial charge in [-0.1, -0.05) is 93.9 Å². The van der Waals surface area contributed by atoms with Gasteiger partial charge < -0.3 is 9.84 Å². The normalized spacial score (nSPS) is 10.9. The average Bonchev–Trinajstić information content (AvgIpc) is 2.87. The summed E-state index contributed by atoms with van der Waals surface area (Å²) < 4.78 is 5.56. The molecule has 0 atom stereocenters. The van der Waals surface area contributed by atoms with Crippen LogP contribution in [0.15, 0.2) is 72.8 Å². The predicted molar refractivity (Wildman–Crippen MR) is 145 cm³/mol. The van der Waals surface area contributed by atoms with Gasteiger partial charge in [-0.15, -0.1) is 0 Å². The Balaban J connectivity index is 1.95. The van der Waals surface area contributed by atoms with Crippen LogP contribution in [0.5, 0.6) is 0 Å². The van der Waals surface area contributed by atoms with E-state index in [0.717, 1.165) is 41.5 Å². The Morgan fingerprint density at radius 3 is 2.14 bits per heavy atom. The molecule has 0 bridgehead atoms. The van der Waals surface area contributed by atoms with Crippen LogP contribution in [0.3, 0.4) is 0 Å². The molecule has 0 saturated carbocycles. The lowest BCUT2D eigenvalue weighted by atomic mass is 9.90. The first-order valence-corrected chi connectivity index (χ1v) is 12.7. The molecule has 0 heterocycles. The molecule has 0 aliphatic carbocycles. The molecule has 0 aromatic heterocycles. The molecule has 0 radical (unpaired) electrons. The number of aryl methyl sites for hydroxylation is 2. The van der Waals surface area contributed by atoms with E-state index in [9.17, 15) is 9.90 Å². The van der Waals surface area contributed by atoms with Crippen molar-refractivity contribution in [2.24, 2.45) is 0 Å². The zero-order valence-corrected chi connectivity index (χ0v) is 21.4. The molecule has 0 aliphatic heterocycles. The van der Waals surface area contributed by atoms with Crippen molar-refractivity contribution in [3.05, 3.63) is 95.1 Å². The average molecular weight is 471 g/mol. The third kappa shape index (κ3) is 7.16. The van der Waals surface area contributed by atoms with Crippen LogP contribution < -0.4 is 0 Å². The van der Waals surface area contributed by atoms with Crippen molar-refractivity contribution in [3.63, 3.8) is 0 Å². The number of hydrogen-bond acceptors (Lipinski definition) is 3. The summed E-state index contributed by atoms with van der Waals surface area (Å²) in [6.45, 7) is 10.2. The van der Waals surface area contributed by atoms with Gasteiger partial charge in [-0.2, -0.15) is 0 Å². The number of carbonyl (C=O) groups is 1. The van der Waals surface area contributed by atoms with Crippen molar-refractivity contribution >= 4 is 5.97 Å². The molecule has 0 amide bonds. The van der Waals surface area contributed by atoms with Crippen molar-refractivity contribution in [3.8, 4) is 22.3 Å². The van der Waals surface area contributed by atoms with Crippen LogP contribution in [0.2, 0.25) is 0 Å². The Kier molecular flexibility index (Phi) is 9.86. The third-order valence-electron chi connectivity index (χ3n) is 6.41. The SMILES string of the molecule is C=C(C)C(=O)OCc1cc(CCCCC)ccc1-c1ccc(-c2ccc(CCO)cc2)c(CC)c1. The quantitative estimate of drug-likeness (QED) is 0.170. The molecule has 0 fully saturated rings. The van der Waals surface area contributed by atoms with Crippen molar-refractivity contribution in [1.29, 1.82) is 0 Å². The Hall–Kier alpha value is -3.17.